The summed E-state index contributed by atoms with van der Waals surface area (Å²) >= 11 is 2.38. The van der Waals surface area contributed by atoms with Crippen molar-refractivity contribution in [1.82, 2.24) is 10.2 Å². The molecule has 0 saturated heterocycles. The van der Waals surface area contributed by atoms with Crippen molar-refractivity contribution in [2.75, 3.05) is 44.8 Å². The van der Waals surface area contributed by atoms with Gasteiger partial charge in [0.1, 0.15) is 5.75 Å². The minimum Gasteiger partial charge on any atom is -0.495 e. The molecule has 2 aromatic carbocycles. The predicted octanol–water partition coefficient (Wildman–Crippen LogP) is 3.96. The third-order valence-electron chi connectivity index (χ3n) is 4.46. The Morgan fingerprint density at radius 3 is 2.29 bits per heavy atom. The maximum absolute atomic E-state index is 12.3. The average Bonchev–Trinajstić information content (AvgIpc) is 3.32. The molecule has 35 heavy (non-hydrogen) atoms. The number of ether oxygens (including phenoxy) is 4. The highest BCUT2D eigenvalue weighted by Crippen LogP contribution is 2.38. The Balaban J connectivity index is 1.54. The predicted molar refractivity (Wildman–Crippen MR) is 136 cm³/mol. The van der Waals surface area contributed by atoms with Crippen LogP contribution in [0, 0.1) is 0 Å². The smallest absolute Gasteiger partial charge is 0.250 e. The van der Waals surface area contributed by atoms with Crippen LogP contribution in [0.2, 0.25) is 0 Å². The lowest BCUT2D eigenvalue weighted by molar-refractivity contribution is -0.114. The number of benzene rings is 2. The highest BCUT2D eigenvalue weighted by Gasteiger charge is 2.13. The largest absolute Gasteiger partial charge is 0.495 e. The molecule has 3 aromatic rings. The molecule has 0 bridgehead atoms. The van der Waals surface area contributed by atoms with Crippen LogP contribution in [0.4, 0.5) is 10.8 Å². The van der Waals surface area contributed by atoms with E-state index in [1.807, 2.05) is 6.07 Å². The minimum atomic E-state index is -0.389. The fraction of sp³-hybridized carbons (Fsp3) is 0.217. The number of para-hydroxylation sites is 2. The summed E-state index contributed by atoms with van der Waals surface area (Å²) in [6, 6.07) is 10.6. The molecule has 1 heterocycles. The monoisotopic (exact) mass is 516 g/mol. The molecule has 12 heteroatoms. The van der Waals surface area contributed by atoms with Gasteiger partial charge in [0.2, 0.25) is 22.7 Å². The third kappa shape index (κ3) is 7.11. The van der Waals surface area contributed by atoms with Crippen LogP contribution in [0.3, 0.4) is 0 Å². The van der Waals surface area contributed by atoms with Gasteiger partial charge in [0, 0.05) is 6.08 Å². The van der Waals surface area contributed by atoms with Crippen LogP contribution >= 0.6 is 23.1 Å². The lowest BCUT2D eigenvalue weighted by Crippen LogP contribution is -2.14. The molecular formula is C23H24N4O6S2. The lowest BCUT2D eigenvalue weighted by Gasteiger charge is -2.12. The van der Waals surface area contributed by atoms with Gasteiger partial charge in [0.25, 0.3) is 0 Å². The molecule has 10 nitrogen and oxygen atoms in total. The van der Waals surface area contributed by atoms with Crippen molar-refractivity contribution in [1.29, 1.82) is 0 Å². The molecule has 0 aliphatic carbocycles. The number of methoxy groups -OCH3 is 4. The Morgan fingerprint density at radius 2 is 1.63 bits per heavy atom. The average molecular weight is 517 g/mol. The fourth-order valence-electron chi connectivity index (χ4n) is 2.90. The number of nitrogens with zero attached hydrogens (tertiary/aromatic N) is 2. The Morgan fingerprint density at radius 1 is 0.943 bits per heavy atom. The van der Waals surface area contributed by atoms with Gasteiger partial charge in [-0.05, 0) is 35.9 Å². The molecule has 2 N–H and O–H groups in total. The number of carbonyl (C=O) groups is 2. The quantitative estimate of drug-likeness (QED) is 0.222. The molecule has 0 spiro atoms. The van der Waals surface area contributed by atoms with Gasteiger partial charge in [-0.25, -0.2) is 0 Å². The first-order valence-corrected chi connectivity index (χ1v) is 12.0. The van der Waals surface area contributed by atoms with E-state index in [0.717, 1.165) is 0 Å². The number of anilines is 2. The molecule has 184 valence electrons. The zero-order valence-electron chi connectivity index (χ0n) is 19.5. The van der Waals surface area contributed by atoms with Gasteiger partial charge < -0.3 is 24.3 Å². The Labute approximate surface area is 210 Å². The second-order valence-electron chi connectivity index (χ2n) is 6.69. The maximum atomic E-state index is 12.3. The molecule has 0 saturated carbocycles. The first-order valence-electron chi connectivity index (χ1n) is 10.2. The minimum absolute atomic E-state index is 0.127. The summed E-state index contributed by atoms with van der Waals surface area (Å²) in [5, 5.41) is 13.7. The van der Waals surface area contributed by atoms with Crippen LogP contribution in [0.25, 0.3) is 6.08 Å². The van der Waals surface area contributed by atoms with E-state index in [2.05, 4.69) is 20.8 Å². The number of hydrogen-bond acceptors (Lipinski definition) is 10. The summed E-state index contributed by atoms with van der Waals surface area (Å²) < 4.78 is 21.7. The topological polar surface area (TPSA) is 121 Å². The number of aromatic nitrogens is 2. The summed E-state index contributed by atoms with van der Waals surface area (Å²) in [7, 11) is 6.09. The number of carbonyl (C=O) groups excluding carboxylic acids is 2. The van der Waals surface area contributed by atoms with E-state index < -0.39 is 0 Å². The van der Waals surface area contributed by atoms with Crippen LogP contribution in [0.5, 0.6) is 23.0 Å². The van der Waals surface area contributed by atoms with E-state index in [9.17, 15) is 9.59 Å². The number of hydrogen-bond donors (Lipinski definition) is 2. The van der Waals surface area contributed by atoms with Crippen LogP contribution in [0.15, 0.2) is 46.8 Å². The van der Waals surface area contributed by atoms with Crippen molar-refractivity contribution in [3.8, 4) is 23.0 Å². The molecule has 0 radical (unpaired) electrons. The van der Waals surface area contributed by atoms with Gasteiger partial charge in [-0.2, -0.15) is 0 Å². The van der Waals surface area contributed by atoms with Gasteiger partial charge >= 0.3 is 0 Å². The number of nitrogens with one attached hydrogen (secondary N) is 2. The molecular weight excluding hydrogens is 492 g/mol. The van der Waals surface area contributed by atoms with E-state index in [4.69, 9.17) is 18.9 Å². The Bertz CT molecular complexity index is 1190. The highest BCUT2D eigenvalue weighted by molar-refractivity contribution is 8.01. The first-order chi connectivity index (χ1) is 17.0. The van der Waals surface area contributed by atoms with E-state index in [1.54, 1.807) is 36.4 Å². The van der Waals surface area contributed by atoms with Crippen molar-refractivity contribution >= 4 is 51.8 Å². The third-order valence-corrected chi connectivity index (χ3v) is 6.43. The molecule has 0 fully saturated rings. The molecule has 0 aliphatic heterocycles. The second-order valence-corrected chi connectivity index (χ2v) is 8.89. The van der Waals surface area contributed by atoms with Crippen LogP contribution < -0.4 is 29.6 Å². The van der Waals surface area contributed by atoms with Crippen molar-refractivity contribution in [3.63, 3.8) is 0 Å². The number of amides is 2. The van der Waals surface area contributed by atoms with Gasteiger partial charge in [0.05, 0.1) is 39.9 Å². The molecule has 3 rings (SSSR count). The summed E-state index contributed by atoms with van der Waals surface area (Å²) in [5.74, 6) is 1.52. The van der Waals surface area contributed by atoms with Gasteiger partial charge in [-0.1, -0.05) is 35.2 Å². The van der Waals surface area contributed by atoms with E-state index >= 15 is 0 Å². The van der Waals surface area contributed by atoms with Gasteiger partial charge in [-0.3, -0.25) is 14.9 Å². The van der Waals surface area contributed by atoms with Crippen LogP contribution in [0.1, 0.15) is 5.56 Å². The molecule has 0 unspecified atom stereocenters. The van der Waals surface area contributed by atoms with Crippen LogP contribution in [-0.4, -0.2) is 56.2 Å². The van der Waals surface area contributed by atoms with Gasteiger partial charge in [0.15, 0.2) is 15.8 Å². The zero-order chi connectivity index (χ0) is 25.2. The fourth-order valence-corrected chi connectivity index (χ4v) is 4.45. The lowest BCUT2D eigenvalue weighted by atomic mass is 10.1. The van der Waals surface area contributed by atoms with Crippen molar-refractivity contribution in [3.05, 3.63) is 48.0 Å². The number of thioether (sulfide) groups is 1. The molecule has 1 aromatic heterocycles. The van der Waals surface area contributed by atoms with Crippen molar-refractivity contribution < 1.29 is 28.5 Å². The Kier molecular flexibility index (Phi) is 9.32. The van der Waals surface area contributed by atoms with Crippen molar-refractivity contribution in [2.24, 2.45) is 0 Å². The van der Waals surface area contributed by atoms with E-state index in [0.29, 0.717) is 43.7 Å². The van der Waals surface area contributed by atoms with Crippen LogP contribution in [-0.2, 0) is 9.59 Å². The normalized spacial score (nSPS) is 10.6. The van der Waals surface area contributed by atoms with Crippen molar-refractivity contribution in [2.45, 2.75) is 4.34 Å². The summed E-state index contributed by atoms with van der Waals surface area (Å²) in [5.41, 5.74) is 1.27. The summed E-state index contributed by atoms with van der Waals surface area (Å²) in [6.45, 7) is 0. The maximum Gasteiger partial charge on any atom is 0.250 e. The highest BCUT2D eigenvalue weighted by atomic mass is 32.2. The second kappa shape index (κ2) is 12.6. The number of rotatable bonds is 11. The van der Waals surface area contributed by atoms with E-state index in [1.165, 1.54) is 57.6 Å². The Hall–Kier alpha value is -3.77. The summed E-state index contributed by atoms with van der Waals surface area (Å²) in [4.78, 5) is 24.6. The van der Waals surface area contributed by atoms with Gasteiger partial charge in [-0.15, -0.1) is 10.2 Å². The molecule has 2 amide bonds. The molecule has 0 aliphatic rings. The zero-order valence-corrected chi connectivity index (χ0v) is 21.1. The SMILES string of the molecule is COc1ccccc1NC(=O)CSc1nnc(NC(=O)/C=C/c2cc(OC)c(OC)c(OC)c2)s1. The first kappa shape index (κ1) is 25.8. The molecule has 0 atom stereocenters. The van der Waals surface area contributed by atoms with E-state index in [-0.39, 0.29) is 17.6 Å². The summed E-state index contributed by atoms with van der Waals surface area (Å²) in [6.07, 6.45) is 2.97. The standard InChI is InChI=1S/C23H24N4O6S2/c1-30-16-8-6-5-7-15(16)24-20(29)13-34-23-27-26-22(35-23)25-19(28)10-9-14-11-17(31-2)21(33-4)18(12-14)32-3/h5-12H,13H2,1-4H3,(H,24,29)(H,25,26,28)/b10-9+.